The molecule has 0 saturated carbocycles. The van der Waals surface area contributed by atoms with Crippen molar-refractivity contribution in [1.82, 2.24) is 14.5 Å². The van der Waals surface area contributed by atoms with Crippen LogP contribution in [0.5, 0.6) is 11.5 Å². The molecule has 1 aliphatic heterocycles. The normalized spacial score (nSPS) is 16.8. The van der Waals surface area contributed by atoms with E-state index in [2.05, 4.69) is 9.97 Å². The molecule has 2 aliphatic rings. The van der Waals surface area contributed by atoms with Gasteiger partial charge in [0, 0.05) is 23.2 Å². The van der Waals surface area contributed by atoms with Crippen molar-refractivity contribution in [3.63, 3.8) is 0 Å². The van der Waals surface area contributed by atoms with Gasteiger partial charge in [-0.1, -0.05) is 29.8 Å². The van der Waals surface area contributed by atoms with Crippen molar-refractivity contribution in [3.8, 4) is 11.5 Å². The second-order valence-corrected chi connectivity index (χ2v) is 9.19. The van der Waals surface area contributed by atoms with Crippen LogP contribution in [0.4, 0.5) is 0 Å². The second kappa shape index (κ2) is 8.39. The van der Waals surface area contributed by atoms with E-state index < -0.39 is 11.2 Å². The quantitative estimate of drug-likeness (QED) is 0.472. The van der Waals surface area contributed by atoms with Crippen LogP contribution in [-0.4, -0.2) is 33.5 Å². The molecular weight excluding hydrogens is 470 g/mol. The minimum absolute atomic E-state index is 0.0883. The number of rotatable bonds is 3. The lowest BCUT2D eigenvalue weighted by atomic mass is 9.79. The molecule has 2 aromatic heterocycles. The number of pyridine rings is 1. The lowest BCUT2D eigenvalue weighted by Crippen LogP contribution is -2.33. The predicted octanol–water partition coefficient (Wildman–Crippen LogP) is 3.47. The van der Waals surface area contributed by atoms with E-state index in [1.165, 1.54) is 10.8 Å². The average Bonchev–Trinajstić information content (AvgIpc) is 2.85. The monoisotopic (exact) mass is 489 g/mol. The Kier molecular flexibility index (Phi) is 5.18. The molecule has 0 fully saturated rings. The number of aromatic nitrogens is 3. The summed E-state index contributed by atoms with van der Waals surface area (Å²) in [6.45, 7) is 1.11. The zero-order valence-electron chi connectivity index (χ0n) is 18.5. The van der Waals surface area contributed by atoms with Crippen LogP contribution in [0.15, 0.2) is 58.3 Å². The van der Waals surface area contributed by atoms with E-state index in [9.17, 15) is 14.4 Å². The van der Waals surface area contributed by atoms with Gasteiger partial charge < -0.3 is 9.47 Å². The van der Waals surface area contributed by atoms with Crippen LogP contribution >= 0.6 is 11.6 Å². The molecule has 6 rings (SSSR count). The SMILES string of the molecule is O=C1CC(c2cccc(Cl)c2)Cc2c1cnc1c2c(=O)[nH]c(=O)n1Cc1ccc2c(c1)OCCO2. The molecule has 176 valence electrons. The average molecular weight is 490 g/mol. The number of benzene rings is 2. The molecule has 9 heteroatoms. The van der Waals surface area contributed by atoms with E-state index in [1.807, 2.05) is 30.3 Å². The third kappa shape index (κ3) is 3.80. The van der Waals surface area contributed by atoms with Gasteiger partial charge in [0.2, 0.25) is 0 Å². The number of fused-ring (bicyclic) bond motifs is 4. The number of carbonyl (C=O) groups is 1. The lowest BCUT2D eigenvalue weighted by Gasteiger charge is -2.25. The molecular formula is C26H20ClN3O5. The van der Waals surface area contributed by atoms with Crippen LogP contribution in [-0.2, 0) is 13.0 Å². The molecule has 0 amide bonds. The number of nitrogens with zero attached hydrogens (tertiary/aromatic N) is 2. The van der Waals surface area contributed by atoms with Gasteiger partial charge in [-0.05, 0) is 53.3 Å². The number of carbonyl (C=O) groups excluding carboxylic acids is 1. The summed E-state index contributed by atoms with van der Waals surface area (Å²) < 4.78 is 12.6. The highest BCUT2D eigenvalue weighted by molar-refractivity contribution is 6.30. The van der Waals surface area contributed by atoms with E-state index in [1.54, 1.807) is 12.1 Å². The number of ketones is 1. The largest absolute Gasteiger partial charge is 0.486 e. The third-order valence-corrected chi connectivity index (χ3v) is 6.80. The van der Waals surface area contributed by atoms with E-state index in [-0.39, 0.29) is 29.3 Å². The summed E-state index contributed by atoms with van der Waals surface area (Å²) in [4.78, 5) is 45.7. The number of hydrogen-bond donors (Lipinski definition) is 1. The maximum absolute atomic E-state index is 13.0. The number of halogens is 1. The molecule has 1 N–H and O–H groups in total. The Hall–Kier alpha value is -3.91. The van der Waals surface area contributed by atoms with Crippen LogP contribution in [0.25, 0.3) is 11.0 Å². The van der Waals surface area contributed by atoms with Gasteiger partial charge in [-0.3, -0.25) is 19.1 Å². The fourth-order valence-corrected chi connectivity index (χ4v) is 5.12. The Morgan fingerprint density at radius 2 is 1.86 bits per heavy atom. The minimum Gasteiger partial charge on any atom is -0.486 e. The van der Waals surface area contributed by atoms with Crippen LogP contribution in [0.3, 0.4) is 0 Å². The van der Waals surface area contributed by atoms with E-state index in [4.69, 9.17) is 21.1 Å². The molecule has 3 heterocycles. The van der Waals surface area contributed by atoms with Gasteiger partial charge in [0.05, 0.1) is 11.9 Å². The third-order valence-electron chi connectivity index (χ3n) is 6.56. The summed E-state index contributed by atoms with van der Waals surface area (Å²) in [6, 6.07) is 12.9. The van der Waals surface area contributed by atoms with Gasteiger partial charge in [-0.2, -0.15) is 0 Å². The molecule has 1 atom stereocenters. The van der Waals surface area contributed by atoms with Crippen molar-refractivity contribution in [3.05, 3.63) is 96.8 Å². The molecule has 0 spiro atoms. The summed E-state index contributed by atoms with van der Waals surface area (Å²) in [5, 5.41) is 0.853. The fourth-order valence-electron chi connectivity index (χ4n) is 4.92. The van der Waals surface area contributed by atoms with E-state index in [0.29, 0.717) is 53.7 Å². The number of hydrogen-bond acceptors (Lipinski definition) is 6. The molecule has 1 aliphatic carbocycles. The van der Waals surface area contributed by atoms with Crippen molar-refractivity contribution < 1.29 is 14.3 Å². The summed E-state index contributed by atoms with van der Waals surface area (Å²) >= 11 is 6.18. The van der Waals surface area contributed by atoms with Gasteiger partial charge in [0.1, 0.15) is 18.9 Å². The van der Waals surface area contributed by atoms with Crippen LogP contribution in [0.2, 0.25) is 5.02 Å². The molecule has 2 aromatic carbocycles. The van der Waals surface area contributed by atoms with Gasteiger partial charge >= 0.3 is 5.69 Å². The first-order valence-electron chi connectivity index (χ1n) is 11.3. The summed E-state index contributed by atoms with van der Waals surface area (Å²) in [7, 11) is 0. The first-order chi connectivity index (χ1) is 17.0. The van der Waals surface area contributed by atoms with Gasteiger partial charge in [-0.15, -0.1) is 0 Å². The summed E-state index contributed by atoms with van der Waals surface area (Å²) in [6.07, 6.45) is 2.24. The molecule has 0 saturated heterocycles. The Labute approximate surface area is 204 Å². The maximum atomic E-state index is 13.0. The van der Waals surface area contributed by atoms with Crippen LogP contribution in [0, 0.1) is 0 Å². The maximum Gasteiger partial charge on any atom is 0.330 e. The number of aromatic amines is 1. The highest BCUT2D eigenvalue weighted by atomic mass is 35.5. The van der Waals surface area contributed by atoms with Gasteiger partial charge in [0.25, 0.3) is 5.56 Å². The Balaban J connectivity index is 1.47. The number of nitrogens with one attached hydrogen (secondary N) is 1. The lowest BCUT2D eigenvalue weighted by molar-refractivity contribution is 0.0964. The molecule has 1 unspecified atom stereocenters. The molecule has 35 heavy (non-hydrogen) atoms. The van der Waals surface area contributed by atoms with Gasteiger partial charge in [0.15, 0.2) is 17.3 Å². The zero-order chi connectivity index (χ0) is 24.1. The van der Waals surface area contributed by atoms with Crippen molar-refractivity contribution in [2.75, 3.05) is 13.2 Å². The molecule has 0 bridgehead atoms. The number of Topliss-reactive ketones (excluding diaryl/α,β-unsaturated/α-hetero) is 1. The standard InChI is InChI=1S/C26H20ClN3O5/c27-17-3-1-2-15(9-17)16-10-18-19(20(31)11-16)12-28-24-23(18)25(32)29-26(33)30(24)13-14-4-5-21-22(8-14)35-7-6-34-21/h1-5,8-9,12,16H,6-7,10-11,13H2,(H,29,32,33). The van der Waals surface area contributed by atoms with Crippen molar-refractivity contribution in [1.29, 1.82) is 0 Å². The van der Waals surface area contributed by atoms with Crippen molar-refractivity contribution >= 4 is 28.4 Å². The molecule has 8 nitrogen and oxygen atoms in total. The highest BCUT2D eigenvalue weighted by Crippen LogP contribution is 2.36. The number of H-pyrrole nitrogens is 1. The van der Waals surface area contributed by atoms with Gasteiger partial charge in [-0.25, -0.2) is 9.78 Å². The van der Waals surface area contributed by atoms with Crippen LogP contribution in [0.1, 0.15) is 39.4 Å². The van der Waals surface area contributed by atoms with E-state index >= 15 is 0 Å². The molecule has 0 radical (unpaired) electrons. The first kappa shape index (κ1) is 21.6. The van der Waals surface area contributed by atoms with Crippen LogP contribution < -0.4 is 20.7 Å². The second-order valence-electron chi connectivity index (χ2n) is 8.76. The zero-order valence-corrected chi connectivity index (χ0v) is 19.3. The first-order valence-corrected chi connectivity index (χ1v) is 11.7. The topological polar surface area (TPSA) is 103 Å². The number of ether oxygens (including phenoxy) is 2. The Bertz CT molecular complexity index is 1620. The summed E-state index contributed by atoms with van der Waals surface area (Å²) in [5.41, 5.74) is 1.87. The minimum atomic E-state index is -0.571. The van der Waals surface area contributed by atoms with E-state index in [0.717, 1.165) is 11.1 Å². The summed E-state index contributed by atoms with van der Waals surface area (Å²) in [5.74, 6) is 1.04. The smallest absolute Gasteiger partial charge is 0.330 e. The Morgan fingerprint density at radius 1 is 1.03 bits per heavy atom. The Morgan fingerprint density at radius 3 is 2.69 bits per heavy atom. The molecule has 4 aromatic rings. The van der Waals surface area contributed by atoms with Crippen molar-refractivity contribution in [2.24, 2.45) is 0 Å². The predicted molar refractivity (Wildman–Crippen MR) is 130 cm³/mol. The highest BCUT2D eigenvalue weighted by Gasteiger charge is 2.30. The van der Waals surface area contributed by atoms with Crippen molar-refractivity contribution in [2.45, 2.75) is 25.3 Å². The fraction of sp³-hybridized carbons (Fsp3) is 0.231.